The molecule has 2 aliphatic rings. The van der Waals surface area contributed by atoms with E-state index >= 15 is 0 Å². The summed E-state index contributed by atoms with van der Waals surface area (Å²) in [5, 5.41) is 3.51. The summed E-state index contributed by atoms with van der Waals surface area (Å²) in [7, 11) is 4.17. The fraction of sp³-hybridized carbons (Fsp3) is 0.700. The van der Waals surface area contributed by atoms with Crippen LogP contribution in [0.1, 0.15) is 31.2 Å². The monoisotopic (exact) mass is 331 g/mol. The van der Waals surface area contributed by atoms with Gasteiger partial charge in [0.25, 0.3) is 0 Å². The summed E-state index contributed by atoms with van der Waals surface area (Å²) in [4.78, 5) is 4.77. The molecule has 0 saturated carbocycles. The van der Waals surface area contributed by atoms with Crippen molar-refractivity contribution in [2.75, 3.05) is 53.4 Å². The molecule has 0 atom stereocenters. The lowest BCUT2D eigenvalue weighted by Gasteiger charge is -2.44. The smallest absolute Gasteiger partial charge is 0.123 e. The van der Waals surface area contributed by atoms with Crippen LogP contribution in [0.25, 0.3) is 0 Å². The fourth-order valence-electron chi connectivity index (χ4n) is 4.00. The maximum atomic E-state index is 6.02. The van der Waals surface area contributed by atoms with Crippen LogP contribution in [-0.2, 0) is 6.54 Å². The first kappa shape index (κ1) is 17.7. The molecular formula is C20H33N3O. The second kappa shape index (κ2) is 8.32. The van der Waals surface area contributed by atoms with Crippen LogP contribution in [0.15, 0.2) is 24.3 Å². The second-order valence-corrected chi connectivity index (χ2v) is 7.79. The molecule has 1 N–H and O–H groups in total. The summed E-state index contributed by atoms with van der Waals surface area (Å²) < 4.78 is 6.02. The van der Waals surface area contributed by atoms with Crippen molar-refractivity contribution in [2.45, 2.75) is 32.2 Å². The van der Waals surface area contributed by atoms with Crippen molar-refractivity contribution in [1.82, 2.24) is 15.1 Å². The van der Waals surface area contributed by atoms with E-state index in [1.807, 2.05) is 0 Å². The lowest BCUT2D eigenvalue weighted by molar-refractivity contribution is 0.0696. The molecule has 3 rings (SSSR count). The molecule has 24 heavy (non-hydrogen) atoms. The lowest BCUT2D eigenvalue weighted by Crippen LogP contribution is -2.45. The number of nitrogens with zero attached hydrogens (tertiary/aromatic N) is 2. The highest BCUT2D eigenvalue weighted by atomic mass is 16.5. The van der Waals surface area contributed by atoms with Crippen LogP contribution in [0.5, 0.6) is 5.75 Å². The minimum absolute atomic E-state index is 0.628. The molecule has 1 aromatic carbocycles. The molecule has 0 amide bonds. The summed E-state index contributed by atoms with van der Waals surface area (Å²) >= 11 is 0. The lowest BCUT2D eigenvalue weighted by atomic mass is 9.71. The maximum Gasteiger partial charge on any atom is 0.123 e. The quantitative estimate of drug-likeness (QED) is 0.867. The van der Waals surface area contributed by atoms with E-state index in [2.05, 4.69) is 53.5 Å². The fourth-order valence-corrected chi connectivity index (χ4v) is 4.00. The highest BCUT2D eigenvalue weighted by Gasteiger charge is 2.35. The Bertz CT molecular complexity index is 501. The van der Waals surface area contributed by atoms with Crippen LogP contribution < -0.4 is 10.1 Å². The van der Waals surface area contributed by atoms with Crippen molar-refractivity contribution >= 4 is 0 Å². The molecule has 4 heteroatoms. The summed E-state index contributed by atoms with van der Waals surface area (Å²) in [6.07, 6.45) is 5.45. The third-order valence-electron chi connectivity index (χ3n) is 5.74. The largest absolute Gasteiger partial charge is 0.492 e. The second-order valence-electron chi connectivity index (χ2n) is 7.79. The van der Waals surface area contributed by atoms with Crippen LogP contribution in [0.4, 0.5) is 0 Å². The van der Waals surface area contributed by atoms with Gasteiger partial charge >= 0.3 is 0 Å². The predicted octanol–water partition coefficient (Wildman–Crippen LogP) is 2.59. The molecule has 2 heterocycles. The van der Waals surface area contributed by atoms with E-state index in [1.54, 1.807) is 0 Å². The number of hydrogen-bond acceptors (Lipinski definition) is 4. The van der Waals surface area contributed by atoms with Gasteiger partial charge in [0, 0.05) is 18.7 Å². The first-order valence-corrected chi connectivity index (χ1v) is 9.45. The molecular weight excluding hydrogens is 298 g/mol. The molecule has 1 aromatic rings. The number of piperidine rings is 2. The predicted molar refractivity (Wildman–Crippen MR) is 99.5 cm³/mol. The molecule has 0 aliphatic carbocycles. The average molecular weight is 332 g/mol. The minimum Gasteiger partial charge on any atom is -0.492 e. The number of ether oxygens (including phenoxy) is 1. The summed E-state index contributed by atoms with van der Waals surface area (Å²) in [5.74, 6) is 1.06. The minimum atomic E-state index is 0.628. The van der Waals surface area contributed by atoms with E-state index in [1.165, 1.54) is 57.4 Å². The number of rotatable bonds is 6. The molecule has 0 aromatic heterocycles. The summed E-state index contributed by atoms with van der Waals surface area (Å²) in [6, 6.07) is 8.55. The van der Waals surface area contributed by atoms with Crippen LogP contribution in [0.2, 0.25) is 0 Å². The normalized spacial score (nSPS) is 21.3. The van der Waals surface area contributed by atoms with Gasteiger partial charge < -0.3 is 15.0 Å². The van der Waals surface area contributed by atoms with Gasteiger partial charge in [-0.3, -0.25) is 4.90 Å². The van der Waals surface area contributed by atoms with Crippen LogP contribution in [0, 0.1) is 5.41 Å². The van der Waals surface area contributed by atoms with E-state index in [4.69, 9.17) is 4.74 Å². The van der Waals surface area contributed by atoms with E-state index in [0.29, 0.717) is 5.41 Å². The van der Waals surface area contributed by atoms with Crippen molar-refractivity contribution < 1.29 is 4.74 Å². The summed E-state index contributed by atoms with van der Waals surface area (Å²) in [6.45, 7) is 7.60. The van der Waals surface area contributed by atoms with E-state index in [9.17, 15) is 0 Å². The zero-order valence-corrected chi connectivity index (χ0v) is 15.4. The number of nitrogens with one attached hydrogen (secondary N) is 1. The van der Waals surface area contributed by atoms with Gasteiger partial charge in [-0.05, 0) is 77.4 Å². The van der Waals surface area contributed by atoms with Crippen molar-refractivity contribution in [2.24, 2.45) is 5.41 Å². The Labute approximate surface area is 147 Å². The molecule has 2 aliphatic heterocycles. The Hall–Kier alpha value is -1.10. The molecule has 134 valence electrons. The first-order chi connectivity index (χ1) is 11.7. The Morgan fingerprint density at radius 2 is 1.79 bits per heavy atom. The van der Waals surface area contributed by atoms with Crippen LogP contribution in [-0.4, -0.2) is 63.2 Å². The topological polar surface area (TPSA) is 27.7 Å². The van der Waals surface area contributed by atoms with Crippen molar-refractivity contribution in [3.63, 3.8) is 0 Å². The van der Waals surface area contributed by atoms with Crippen LogP contribution >= 0.6 is 0 Å². The van der Waals surface area contributed by atoms with Gasteiger partial charge in [0.15, 0.2) is 0 Å². The molecule has 0 bridgehead atoms. The number of likely N-dealkylation sites (tertiary alicyclic amines) is 1. The molecule has 4 nitrogen and oxygen atoms in total. The molecule has 0 unspecified atom stereocenters. The van der Waals surface area contributed by atoms with Gasteiger partial charge in [0.1, 0.15) is 12.4 Å². The van der Waals surface area contributed by atoms with Crippen LogP contribution in [0.3, 0.4) is 0 Å². The van der Waals surface area contributed by atoms with Crippen molar-refractivity contribution in [1.29, 1.82) is 0 Å². The standard InChI is InChI=1S/C20H33N3O/c1-22(2)15-16-24-19-6-4-3-5-18(19)17-23-13-9-20(10-14-23)7-11-21-12-8-20/h3-6,21H,7-17H2,1-2H3. The highest BCUT2D eigenvalue weighted by Crippen LogP contribution is 2.39. The van der Waals surface area contributed by atoms with E-state index < -0.39 is 0 Å². The number of benzene rings is 1. The van der Waals surface area contributed by atoms with Crippen molar-refractivity contribution in [3.05, 3.63) is 29.8 Å². The van der Waals surface area contributed by atoms with Gasteiger partial charge in [-0.1, -0.05) is 18.2 Å². The number of likely N-dealkylation sites (N-methyl/N-ethyl adjacent to an activating group) is 1. The Morgan fingerprint density at radius 1 is 1.08 bits per heavy atom. The van der Waals surface area contributed by atoms with Gasteiger partial charge in [0.2, 0.25) is 0 Å². The Morgan fingerprint density at radius 3 is 2.50 bits per heavy atom. The zero-order chi connectivity index (χ0) is 16.8. The van der Waals surface area contributed by atoms with Gasteiger partial charge in [-0.15, -0.1) is 0 Å². The first-order valence-electron chi connectivity index (χ1n) is 9.45. The van der Waals surface area contributed by atoms with Gasteiger partial charge in [-0.25, -0.2) is 0 Å². The Kier molecular flexibility index (Phi) is 6.14. The van der Waals surface area contributed by atoms with Gasteiger partial charge in [-0.2, -0.15) is 0 Å². The number of hydrogen-bond donors (Lipinski definition) is 1. The van der Waals surface area contributed by atoms with E-state index in [-0.39, 0.29) is 0 Å². The Balaban J connectivity index is 1.53. The van der Waals surface area contributed by atoms with E-state index in [0.717, 1.165) is 25.4 Å². The number of para-hydroxylation sites is 1. The maximum absolute atomic E-state index is 6.02. The molecule has 2 fully saturated rings. The molecule has 0 radical (unpaired) electrons. The van der Waals surface area contributed by atoms with Crippen molar-refractivity contribution in [3.8, 4) is 5.75 Å². The SMILES string of the molecule is CN(C)CCOc1ccccc1CN1CCC2(CCNCC2)CC1. The molecule has 2 saturated heterocycles. The molecule has 1 spiro atoms. The summed E-state index contributed by atoms with van der Waals surface area (Å²) in [5.41, 5.74) is 1.96. The zero-order valence-electron chi connectivity index (χ0n) is 15.4. The highest BCUT2D eigenvalue weighted by molar-refractivity contribution is 5.33. The third-order valence-corrected chi connectivity index (χ3v) is 5.74. The average Bonchev–Trinajstić information content (AvgIpc) is 2.59. The van der Waals surface area contributed by atoms with Gasteiger partial charge in [0.05, 0.1) is 0 Å². The third kappa shape index (κ3) is 4.71.